The van der Waals surface area contributed by atoms with Crippen LogP contribution in [0.2, 0.25) is 0 Å². The van der Waals surface area contributed by atoms with Crippen LogP contribution in [0.15, 0.2) is 83.8 Å². The number of aryl methyl sites for hydroxylation is 2. The van der Waals surface area contributed by atoms with Crippen LogP contribution in [0.1, 0.15) is 50.3 Å². The van der Waals surface area contributed by atoms with Crippen LogP contribution in [0.25, 0.3) is 0 Å². The Hall–Kier alpha value is -3.65. The Balaban J connectivity index is 2.02. The van der Waals surface area contributed by atoms with E-state index in [0.717, 1.165) is 29.5 Å². The lowest BCUT2D eigenvalue weighted by Gasteiger charge is -2.32. The van der Waals surface area contributed by atoms with Crippen molar-refractivity contribution in [2.75, 3.05) is 17.4 Å². The second-order valence-electron chi connectivity index (χ2n) is 9.63. The summed E-state index contributed by atoms with van der Waals surface area (Å²) in [6.45, 7) is 7.91. The van der Waals surface area contributed by atoms with Crippen molar-refractivity contribution in [3.8, 4) is 0 Å². The highest BCUT2D eigenvalue weighted by Gasteiger charge is 2.33. The Morgan fingerprint density at radius 1 is 0.897 bits per heavy atom. The lowest BCUT2D eigenvalue weighted by Crippen LogP contribution is -2.51. The van der Waals surface area contributed by atoms with Crippen molar-refractivity contribution in [1.82, 2.24) is 10.2 Å². The quantitative estimate of drug-likeness (QED) is 0.301. The van der Waals surface area contributed by atoms with Gasteiger partial charge in [0.05, 0.1) is 10.6 Å². The molecule has 3 aromatic carbocycles. The van der Waals surface area contributed by atoms with Crippen molar-refractivity contribution in [2.24, 2.45) is 0 Å². The summed E-state index contributed by atoms with van der Waals surface area (Å²) in [4.78, 5) is 28.6. The molecule has 0 spiro atoms. The molecule has 0 aliphatic rings. The first-order chi connectivity index (χ1) is 18.7. The highest BCUT2D eigenvalue weighted by molar-refractivity contribution is 7.92. The van der Waals surface area contributed by atoms with Crippen LogP contribution in [0.5, 0.6) is 0 Å². The van der Waals surface area contributed by atoms with Crippen molar-refractivity contribution >= 4 is 27.5 Å². The summed E-state index contributed by atoms with van der Waals surface area (Å²) in [7, 11) is -4.07. The molecule has 0 heterocycles. The number of para-hydroxylation sites is 1. The molecular weight excluding hydrogens is 510 g/mol. The summed E-state index contributed by atoms with van der Waals surface area (Å²) in [5, 5.41) is 2.91. The van der Waals surface area contributed by atoms with Crippen molar-refractivity contribution in [3.63, 3.8) is 0 Å². The van der Waals surface area contributed by atoms with E-state index < -0.39 is 28.5 Å². The van der Waals surface area contributed by atoms with Crippen LogP contribution in [-0.4, -0.2) is 44.3 Å². The maximum Gasteiger partial charge on any atom is 0.264 e. The summed E-state index contributed by atoms with van der Waals surface area (Å²) in [6.07, 6.45) is 2.36. The Morgan fingerprint density at radius 2 is 1.54 bits per heavy atom. The monoisotopic (exact) mass is 549 g/mol. The Labute approximate surface area is 232 Å². The fourth-order valence-electron chi connectivity index (χ4n) is 4.29. The number of anilines is 1. The van der Waals surface area contributed by atoms with Crippen LogP contribution in [0.4, 0.5) is 5.69 Å². The topological polar surface area (TPSA) is 86.8 Å². The maximum absolute atomic E-state index is 14.0. The fraction of sp³-hybridized carbons (Fsp3) is 0.355. The normalized spacial score (nSPS) is 12.0. The summed E-state index contributed by atoms with van der Waals surface area (Å²) in [5.41, 5.74) is 3.19. The van der Waals surface area contributed by atoms with E-state index in [1.54, 1.807) is 37.3 Å². The maximum atomic E-state index is 14.0. The molecule has 1 N–H and O–H groups in total. The lowest BCUT2D eigenvalue weighted by atomic mass is 10.1. The minimum absolute atomic E-state index is 0.0964. The third-order valence-corrected chi connectivity index (χ3v) is 8.50. The average Bonchev–Trinajstić information content (AvgIpc) is 2.95. The van der Waals surface area contributed by atoms with Crippen LogP contribution in [0, 0.1) is 6.92 Å². The largest absolute Gasteiger partial charge is 0.354 e. The van der Waals surface area contributed by atoms with E-state index in [2.05, 4.69) is 5.32 Å². The number of carbonyl (C=O) groups is 2. The van der Waals surface area contributed by atoms with E-state index in [1.807, 2.05) is 57.2 Å². The molecule has 1 atom stereocenters. The Kier molecular flexibility index (Phi) is 10.7. The fourth-order valence-corrected chi connectivity index (χ4v) is 5.77. The number of amides is 2. The van der Waals surface area contributed by atoms with E-state index in [-0.39, 0.29) is 17.3 Å². The zero-order valence-electron chi connectivity index (χ0n) is 23.3. The van der Waals surface area contributed by atoms with Gasteiger partial charge in [-0.1, -0.05) is 86.5 Å². The number of sulfonamides is 1. The zero-order valence-corrected chi connectivity index (χ0v) is 24.1. The summed E-state index contributed by atoms with van der Waals surface area (Å²) in [6, 6.07) is 22.3. The van der Waals surface area contributed by atoms with Gasteiger partial charge in [-0.3, -0.25) is 13.9 Å². The van der Waals surface area contributed by atoms with Crippen molar-refractivity contribution in [1.29, 1.82) is 0 Å². The number of benzene rings is 3. The minimum Gasteiger partial charge on any atom is -0.354 e. The SMILES string of the molecule is CCCCNC(=O)C(C)N(Cc1ccc(C)cc1)C(=O)CN(c1ccccc1CC)S(=O)(=O)c1ccccc1. The van der Waals surface area contributed by atoms with E-state index in [1.165, 1.54) is 21.3 Å². The number of hydrogen-bond donors (Lipinski definition) is 1. The molecule has 0 bridgehead atoms. The first kappa shape index (κ1) is 29.9. The molecule has 0 fully saturated rings. The molecule has 7 nitrogen and oxygen atoms in total. The van der Waals surface area contributed by atoms with E-state index >= 15 is 0 Å². The predicted octanol–water partition coefficient (Wildman–Crippen LogP) is 5.09. The molecule has 0 aliphatic carbocycles. The van der Waals surface area contributed by atoms with E-state index in [4.69, 9.17) is 0 Å². The summed E-state index contributed by atoms with van der Waals surface area (Å²) < 4.78 is 29.0. The van der Waals surface area contributed by atoms with Gasteiger partial charge in [-0.2, -0.15) is 0 Å². The molecule has 8 heteroatoms. The van der Waals surface area contributed by atoms with Crippen LogP contribution < -0.4 is 9.62 Å². The van der Waals surface area contributed by atoms with Gasteiger partial charge < -0.3 is 10.2 Å². The number of rotatable bonds is 13. The second kappa shape index (κ2) is 13.9. The highest BCUT2D eigenvalue weighted by atomic mass is 32.2. The summed E-state index contributed by atoms with van der Waals surface area (Å²) in [5.74, 6) is -0.727. The van der Waals surface area contributed by atoms with Gasteiger partial charge >= 0.3 is 0 Å². The Morgan fingerprint density at radius 3 is 2.18 bits per heavy atom. The molecule has 0 aromatic heterocycles. The second-order valence-corrected chi connectivity index (χ2v) is 11.5. The molecule has 1 unspecified atom stereocenters. The van der Waals surface area contributed by atoms with Gasteiger partial charge in [0.15, 0.2) is 0 Å². The van der Waals surface area contributed by atoms with Gasteiger partial charge in [-0.15, -0.1) is 0 Å². The molecule has 2 amide bonds. The van der Waals surface area contributed by atoms with Crippen molar-refractivity contribution in [2.45, 2.75) is 64.4 Å². The molecule has 0 aliphatic heterocycles. The van der Waals surface area contributed by atoms with Gasteiger partial charge in [0.25, 0.3) is 10.0 Å². The summed E-state index contributed by atoms with van der Waals surface area (Å²) >= 11 is 0. The third kappa shape index (κ3) is 7.69. The number of nitrogens with zero attached hydrogens (tertiary/aromatic N) is 2. The van der Waals surface area contributed by atoms with Crippen LogP contribution >= 0.6 is 0 Å². The lowest BCUT2D eigenvalue weighted by molar-refractivity contribution is -0.139. The Bertz CT molecular complexity index is 1340. The van der Waals surface area contributed by atoms with Crippen LogP contribution in [-0.2, 0) is 32.6 Å². The molecule has 0 saturated carbocycles. The zero-order chi connectivity index (χ0) is 28.4. The number of hydrogen-bond acceptors (Lipinski definition) is 4. The van der Waals surface area contributed by atoms with Gasteiger partial charge in [0.2, 0.25) is 11.8 Å². The third-order valence-electron chi connectivity index (χ3n) is 6.72. The van der Waals surface area contributed by atoms with Crippen molar-refractivity contribution < 1.29 is 18.0 Å². The molecule has 0 saturated heterocycles. The van der Waals surface area contributed by atoms with E-state index in [0.29, 0.717) is 18.7 Å². The van der Waals surface area contributed by atoms with Gasteiger partial charge in [0.1, 0.15) is 12.6 Å². The number of unbranched alkanes of at least 4 members (excludes halogenated alkanes) is 1. The van der Waals surface area contributed by atoms with Gasteiger partial charge in [-0.25, -0.2) is 8.42 Å². The molecule has 0 radical (unpaired) electrons. The molecule has 3 aromatic rings. The standard InChI is InChI=1S/C31H39N3O4S/c1-5-7-21-32-31(36)25(4)33(22-26-19-17-24(3)18-20-26)30(35)23-34(29-16-12-11-13-27(29)6-2)39(37,38)28-14-9-8-10-15-28/h8-20,25H,5-7,21-23H2,1-4H3,(H,32,36). The van der Waals surface area contributed by atoms with Gasteiger partial charge in [-0.05, 0) is 56.0 Å². The molecule has 3 rings (SSSR count). The van der Waals surface area contributed by atoms with Crippen LogP contribution in [0.3, 0.4) is 0 Å². The molecular formula is C31H39N3O4S. The van der Waals surface area contributed by atoms with E-state index in [9.17, 15) is 18.0 Å². The van der Waals surface area contributed by atoms with Crippen molar-refractivity contribution in [3.05, 3.63) is 95.6 Å². The predicted molar refractivity (Wildman–Crippen MR) is 156 cm³/mol. The highest BCUT2D eigenvalue weighted by Crippen LogP contribution is 2.28. The molecule has 208 valence electrons. The smallest absolute Gasteiger partial charge is 0.264 e. The molecule has 39 heavy (non-hydrogen) atoms. The minimum atomic E-state index is -4.07. The average molecular weight is 550 g/mol. The first-order valence-corrected chi connectivity index (χ1v) is 14.9. The first-order valence-electron chi connectivity index (χ1n) is 13.5. The number of carbonyl (C=O) groups excluding carboxylic acids is 2. The van der Waals surface area contributed by atoms with Gasteiger partial charge in [0, 0.05) is 13.1 Å². The number of nitrogens with one attached hydrogen (secondary N) is 1.